The van der Waals surface area contributed by atoms with Crippen molar-refractivity contribution in [3.05, 3.63) is 42.0 Å². The predicted molar refractivity (Wildman–Crippen MR) is 63.0 cm³/mol. The van der Waals surface area contributed by atoms with E-state index in [2.05, 4.69) is 22.9 Å². The largest absolute Gasteiger partial charge is 0.385 e. The van der Waals surface area contributed by atoms with Gasteiger partial charge in [-0.15, -0.1) is 12.6 Å². The number of hydrogen-bond acceptors (Lipinski definition) is 5. The van der Waals surface area contributed by atoms with Crippen LogP contribution in [0.15, 0.2) is 36.4 Å². The van der Waals surface area contributed by atoms with E-state index in [4.69, 9.17) is 5.73 Å². The van der Waals surface area contributed by atoms with E-state index in [1.165, 1.54) is 6.08 Å². The van der Waals surface area contributed by atoms with Gasteiger partial charge in [0.25, 0.3) is 0 Å². The summed E-state index contributed by atoms with van der Waals surface area (Å²) in [6.07, 6.45) is 4.78. The molecule has 1 atom stereocenters. The van der Waals surface area contributed by atoms with Gasteiger partial charge in [0.15, 0.2) is 0 Å². The van der Waals surface area contributed by atoms with E-state index in [1.54, 1.807) is 17.3 Å². The van der Waals surface area contributed by atoms with Crippen LogP contribution in [0.2, 0.25) is 0 Å². The number of amides is 1. The molecule has 1 aliphatic rings. The fraction of sp³-hybridized carbons (Fsp3) is 0.200. The average Bonchev–Trinajstić information content (AvgIpc) is 2.25. The van der Waals surface area contributed by atoms with Crippen molar-refractivity contribution in [2.45, 2.75) is 12.0 Å². The molecule has 84 valence electrons. The van der Waals surface area contributed by atoms with Crippen molar-refractivity contribution < 1.29 is 4.79 Å². The first kappa shape index (κ1) is 10.8. The Balaban J connectivity index is 2.15. The molecule has 0 bridgehead atoms. The Hall–Kier alpha value is -1.69. The molecule has 5 nitrogen and oxygen atoms in total. The van der Waals surface area contributed by atoms with Crippen LogP contribution in [0.25, 0.3) is 0 Å². The average molecular weight is 236 g/mol. The fourth-order valence-electron chi connectivity index (χ4n) is 1.47. The molecule has 0 aliphatic carbocycles. The molecule has 0 saturated heterocycles. The lowest BCUT2D eigenvalue weighted by molar-refractivity contribution is -0.118. The summed E-state index contributed by atoms with van der Waals surface area (Å²) in [6.45, 7) is 0.583. The first-order chi connectivity index (χ1) is 7.66. The van der Waals surface area contributed by atoms with Crippen LogP contribution in [0.1, 0.15) is 5.56 Å². The summed E-state index contributed by atoms with van der Waals surface area (Å²) >= 11 is 4.26. The maximum Gasteiger partial charge on any atom is 0.249 e. The molecule has 0 radical (unpaired) electrons. The minimum absolute atomic E-state index is 0.219. The SMILES string of the molecule is NC1=CC(=O)NC(S)N1Cc1ccncc1. The molecule has 1 amide bonds. The molecule has 0 fully saturated rings. The second kappa shape index (κ2) is 4.44. The van der Waals surface area contributed by atoms with Crippen LogP contribution in [0.3, 0.4) is 0 Å². The normalized spacial score (nSPS) is 20.3. The number of aromatic nitrogens is 1. The molecular formula is C10H12N4OS. The molecule has 2 heterocycles. The molecule has 1 aromatic rings. The van der Waals surface area contributed by atoms with Crippen molar-refractivity contribution in [3.63, 3.8) is 0 Å². The standard InChI is InChI=1S/C10H12N4OS/c11-8-5-9(15)13-10(16)14(8)6-7-1-3-12-4-2-7/h1-5,10,16H,6,11H2,(H,13,15). The number of carbonyl (C=O) groups is 1. The molecule has 0 spiro atoms. The topological polar surface area (TPSA) is 71.2 Å². The van der Waals surface area contributed by atoms with Crippen LogP contribution in [-0.4, -0.2) is 21.3 Å². The zero-order chi connectivity index (χ0) is 11.5. The zero-order valence-corrected chi connectivity index (χ0v) is 9.39. The fourth-order valence-corrected chi connectivity index (χ4v) is 1.81. The lowest BCUT2D eigenvalue weighted by Gasteiger charge is -2.33. The van der Waals surface area contributed by atoms with E-state index >= 15 is 0 Å². The second-order valence-electron chi connectivity index (χ2n) is 3.43. The van der Waals surface area contributed by atoms with Gasteiger partial charge < -0.3 is 16.0 Å². The molecule has 6 heteroatoms. The number of nitrogens with zero attached hydrogens (tertiary/aromatic N) is 2. The van der Waals surface area contributed by atoms with E-state index in [0.29, 0.717) is 12.4 Å². The van der Waals surface area contributed by atoms with Gasteiger partial charge in [-0.1, -0.05) is 0 Å². The van der Waals surface area contributed by atoms with Gasteiger partial charge in [0.05, 0.1) is 0 Å². The molecule has 1 aromatic heterocycles. The highest BCUT2D eigenvalue weighted by Gasteiger charge is 2.22. The molecule has 0 saturated carbocycles. The minimum Gasteiger partial charge on any atom is -0.385 e. The van der Waals surface area contributed by atoms with Crippen molar-refractivity contribution in [2.75, 3.05) is 0 Å². The first-order valence-electron chi connectivity index (χ1n) is 4.78. The highest BCUT2D eigenvalue weighted by atomic mass is 32.1. The van der Waals surface area contributed by atoms with Gasteiger partial charge in [-0.3, -0.25) is 9.78 Å². The van der Waals surface area contributed by atoms with Crippen molar-refractivity contribution in [3.8, 4) is 0 Å². The van der Waals surface area contributed by atoms with Crippen molar-refractivity contribution in [1.29, 1.82) is 0 Å². The van der Waals surface area contributed by atoms with Gasteiger partial charge in [-0.05, 0) is 17.7 Å². The molecule has 2 rings (SSSR count). The van der Waals surface area contributed by atoms with Crippen LogP contribution in [0.5, 0.6) is 0 Å². The Morgan fingerprint density at radius 1 is 1.50 bits per heavy atom. The summed E-state index contributed by atoms with van der Waals surface area (Å²) in [6, 6.07) is 3.79. The van der Waals surface area contributed by atoms with E-state index < -0.39 is 5.50 Å². The Bertz CT molecular complexity index is 420. The van der Waals surface area contributed by atoms with Gasteiger partial charge in [0.1, 0.15) is 11.3 Å². The second-order valence-corrected chi connectivity index (χ2v) is 3.92. The molecule has 1 aliphatic heterocycles. The number of carbonyl (C=O) groups excluding carboxylic acids is 1. The summed E-state index contributed by atoms with van der Waals surface area (Å²) < 4.78 is 0. The number of hydrogen-bond donors (Lipinski definition) is 3. The molecule has 16 heavy (non-hydrogen) atoms. The van der Waals surface area contributed by atoms with Crippen LogP contribution in [0.4, 0.5) is 0 Å². The number of pyridine rings is 1. The highest BCUT2D eigenvalue weighted by Crippen LogP contribution is 2.15. The Morgan fingerprint density at radius 3 is 2.81 bits per heavy atom. The molecule has 1 unspecified atom stereocenters. The third-order valence-electron chi connectivity index (χ3n) is 2.28. The van der Waals surface area contributed by atoms with E-state index in [0.717, 1.165) is 5.56 Å². The number of thiol groups is 1. The minimum atomic E-state index is -0.398. The van der Waals surface area contributed by atoms with Gasteiger partial charge in [-0.25, -0.2) is 0 Å². The Kier molecular flexibility index (Phi) is 3.00. The Labute approximate surface area is 98.7 Å². The highest BCUT2D eigenvalue weighted by molar-refractivity contribution is 7.80. The molecule has 3 N–H and O–H groups in total. The van der Waals surface area contributed by atoms with Gasteiger partial charge in [-0.2, -0.15) is 0 Å². The maximum atomic E-state index is 11.1. The van der Waals surface area contributed by atoms with E-state index in [1.807, 2.05) is 12.1 Å². The third kappa shape index (κ3) is 2.27. The van der Waals surface area contributed by atoms with Crippen LogP contribution in [0, 0.1) is 0 Å². The van der Waals surface area contributed by atoms with E-state index in [-0.39, 0.29) is 5.91 Å². The quantitative estimate of drug-likeness (QED) is 0.633. The van der Waals surface area contributed by atoms with Crippen molar-refractivity contribution in [2.24, 2.45) is 5.73 Å². The van der Waals surface area contributed by atoms with Crippen molar-refractivity contribution in [1.82, 2.24) is 15.2 Å². The summed E-state index contributed by atoms with van der Waals surface area (Å²) in [5.41, 5.74) is 6.43. The third-order valence-corrected chi connectivity index (χ3v) is 2.69. The molecular weight excluding hydrogens is 224 g/mol. The lowest BCUT2D eigenvalue weighted by Crippen LogP contribution is -2.49. The van der Waals surface area contributed by atoms with Crippen molar-refractivity contribution >= 4 is 18.5 Å². The summed E-state index contributed by atoms with van der Waals surface area (Å²) in [5.74, 6) is 0.198. The number of rotatable bonds is 2. The van der Waals surface area contributed by atoms with Gasteiger partial charge in [0.2, 0.25) is 5.91 Å². The van der Waals surface area contributed by atoms with Gasteiger partial charge in [0, 0.05) is 25.0 Å². The van der Waals surface area contributed by atoms with Crippen LogP contribution in [-0.2, 0) is 11.3 Å². The smallest absolute Gasteiger partial charge is 0.249 e. The summed E-state index contributed by atoms with van der Waals surface area (Å²) in [4.78, 5) is 16.9. The summed E-state index contributed by atoms with van der Waals surface area (Å²) in [7, 11) is 0. The maximum absolute atomic E-state index is 11.1. The van der Waals surface area contributed by atoms with Crippen LogP contribution >= 0.6 is 12.6 Å². The zero-order valence-electron chi connectivity index (χ0n) is 8.50. The molecule has 0 aromatic carbocycles. The number of nitrogens with one attached hydrogen (secondary N) is 1. The van der Waals surface area contributed by atoms with Gasteiger partial charge >= 0.3 is 0 Å². The lowest BCUT2D eigenvalue weighted by atomic mass is 10.2. The Morgan fingerprint density at radius 2 is 2.19 bits per heavy atom. The van der Waals surface area contributed by atoms with Crippen LogP contribution < -0.4 is 11.1 Å². The monoisotopic (exact) mass is 236 g/mol. The predicted octanol–water partition coefficient (Wildman–Crippen LogP) is 0.0269. The van der Waals surface area contributed by atoms with E-state index in [9.17, 15) is 4.79 Å². The number of nitrogens with two attached hydrogens (primary N) is 1. The first-order valence-corrected chi connectivity index (χ1v) is 5.30. The summed E-state index contributed by atoms with van der Waals surface area (Å²) in [5, 5.41) is 2.66.